The van der Waals surface area contributed by atoms with Crippen molar-refractivity contribution in [3.8, 4) is 0 Å². The average Bonchev–Trinajstić information content (AvgIpc) is 3.46. The van der Waals surface area contributed by atoms with Gasteiger partial charge in [0.1, 0.15) is 18.8 Å². The maximum absolute atomic E-state index is 13.2. The summed E-state index contributed by atoms with van der Waals surface area (Å²) in [5, 5.41) is 31.5. The zero-order valence-electron chi connectivity index (χ0n) is 49.6. The largest absolute Gasteiger partial charge is 0.479 e. The van der Waals surface area contributed by atoms with Crippen LogP contribution in [0.25, 0.3) is 0 Å². The molecule has 0 aromatic rings. The average molecular weight is 1110 g/mol. The van der Waals surface area contributed by atoms with E-state index in [2.05, 4.69) is 112 Å². The number of allylic oxidation sites excluding steroid dienone is 16. The van der Waals surface area contributed by atoms with Crippen molar-refractivity contribution in [3.05, 3.63) is 97.2 Å². The first-order valence-electron chi connectivity index (χ1n) is 31.2. The van der Waals surface area contributed by atoms with Gasteiger partial charge in [0.2, 0.25) is 0 Å². The van der Waals surface area contributed by atoms with Crippen molar-refractivity contribution >= 4 is 23.9 Å². The number of carbonyl (C=O) groups is 4. The molecule has 1 heterocycles. The quantitative estimate of drug-likeness (QED) is 0.0228. The molecule has 79 heavy (non-hydrogen) atoms. The Bertz CT molecular complexity index is 1740. The molecule has 0 spiro atoms. The number of rotatable bonds is 52. The second-order valence-electron chi connectivity index (χ2n) is 20.9. The SMILES string of the molecule is CC/C=C\C/C=C\C/C=C\C/C=C\C/C=C\CCCC(=O)OCC(COC1OC(C(=O)O)C(O)C(O)C1OC(=O)CCCCCCCCCCCCCCCCC)OC(=O)CCCCCCCCC/C=C\C/C=C\C/C=C\CC. The lowest BCUT2D eigenvalue weighted by Gasteiger charge is -2.40. The second kappa shape index (κ2) is 54.2. The topological polar surface area (TPSA) is 175 Å². The molecule has 6 unspecified atom stereocenters. The fourth-order valence-corrected chi connectivity index (χ4v) is 8.95. The maximum atomic E-state index is 13.2. The van der Waals surface area contributed by atoms with Crippen LogP contribution < -0.4 is 0 Å². The lowest BCUT2D eigenvalue weighted by molar-refractivity contribution is -0.301. The molecule has 0 saturated carbocycles. The van der Waals surface area contributed by atoms with E-state index in [1.165, 1.54) is 64.2 Å². The minimum absolute atomic E-state index is 0.0532. The summed E-state index contributed by atoms with van der Waals surface area (Å²) in [6, 6.07) is 0. The van der Waals surface area contributed by atoms with Crippen molar-refractivity contribution in [2.75, 3.05) is 13.2 Å². The normalized spacial score (nSPS) is 18.5. The number of carbonyl (C=O) groups excluding carboxylic acids is 3. The predicted molar refractivity (Wildman–Crippen MR) is 321 cm³/mol. The van der Waals surface area contributed by atoms with E-state index in [1.54, 1.807) is 0 Å². The minimum atomic E-state index is -1.91. The van der Waals surface area contributed by atoms with E-state index in [0.29, 0.717) is 25.7 Å². The number of ether oxygens (including phenoxy) is 5. The van der Waals surface area contributed by atoms with Crippen molar-refractivity contribution in [2.24, 2.45) is 0 Å². The third kappa shape index (κ3) is 44.0. The van der Waals surface area contributed by atoms with Gasteiger partial charge in [-0.3, -0.25) is 14.4 Å². The fraction of sp³-hybridized carbons (Fsp3) is 0.701. The second-order valence-corrected chi connectivity index (χ2v) is 20.9. The molecule has 0 aliphatic carbocycles. The Morgan fingerprint density at radius 1 is 0.430 bits per heavy atom. The number of esters is 3. The zero-order chi connectivity index (χ0) is 57.5. The fourth-order valence-electron chi connectivity index (χ4n) is 8.95. The smallest absolute Gasteiger partial charge is 0.335 e. The molecule has 1 rings (SSSR count). The van der Waals surface area contributed by atoms with Gasteiger partial charge in [0.05, 0.1) is 6.61 Å². The van der Waals surface area contributed by atoms with Gasteiger partial charge in [0, 0.05) is 19.3 Å². The molecule has 0 aromatic heterocycles. The van der Waals surface area contributed by atoms with Crippen LogP contribution in [0.4, 0.5) is 0 Å². The van der Waals surface area contributed by atoms with E-state index < -0.39 is 67.3 Å². The molecule has 450 valence electrons. The van der Waals surface area contributed by atoms with Crippen LogP contribution in [0.3, 0.4) is 0 Å². The van der Waals surface area contributed by atoms with Gasteiger partial charge in [-0.1, -0.05) is 240 Å². The summed E-state index contributed by atoms with van der Waals surface area (Å²) in [5.74, 6) is -3.21. The number of hydrogen-bond donors (Lipinski definition) is 3. The lowest BCUT2D eigenvalue weighted by Crippen LogP contribution is -2.61. The molecule has 6 atom stereocenters. The number of aliphatic hydroxyl groups excluding tert-OH is 2. The van der Waals surface area contributed by atoms with Crippen LogP contribution in [0, 0.1) is 0 Å². The number of aliphatic carboxylic acids is 1. The van der Waals surface area contributed by atoms with Gasteiger partial charge < -0.3 is 39.0 Å². The van der Waals surface area contributed by atoms with Crippen LogP contribution >= 0.6 is 0 Å². The first-order chi connectivity index (χ1) is 38.6. The molecule has 1 aliphatic heterocycles. The van der Waals surface area contributed by atoms with Crippen molar-refractivity contribution in [1.82, 2.24) is 0 Å². The molecule has 3 N–H and O–H groups in total. The van der Waals surface area contributed by atoms with Gasteiger partial charge in [-0.25, -0.2) is 4.79 Å². The highest BCUT2D eigenvalue weighted by molar-refractivity contribution is 5.74. The molecule has 0 radical (unpaired) electrons. The van der Waals surface area contributed by atoms with E-state index in [1.807, 2.05) is 6.08 Å². The summed E-state index contributed by atoms with van der Waals surface area (Å²) < 4.78 is 28.4. The van der Waals surface area contributed by atoms with E-state index in [9.17, 15) is 34.5 Å². The Kier molecular flexibility index (Phi) is 49.9. The third-order valence-electron chi connectivity index (χ3n) is 13.7. The molecule has 0 bridgehead atoms. The highest BCUT2D eigenvalue weighted by Crippen LogP contribution is 2.26. The number of carboxylic acids is 1. The van der Waals surface area contributed by atoms with Gasteiger partial charge in [-0.2, -0.15) is 0 Å². The van der Waals surface area contributed by atoms with Crippen LogP contribution in [0.2, 0.25) is 0 Å². The third-order valence-corrected chi connectivity index (χ3v) is 13.7. The molecule has 12 heteroatoms. The van der Waals surface area contributed by atoms with Crippen LogP contribution in [0.15, 0.2) is 97.2 Å². The van der Waals surface area contributed by atoms with E-state index in [-0.39, 0.29) is 25.9 Å². The Morgan fingerprint density at radius 2 is 0.810 bits per heavy atom. The summed E-state index contributed by atoms with van der Waals surface area (Å²) in [7, 11) is 0. The molecule has 1 aliphatic rings. The molecule has 0 amide bonds. The lowest BCUT2D eigenvalue weighted by atomic mass is 9.98. The number of unbranched alkanes of at least 4 members (excludes halogenated alkanes) is 22. The number of hydrogen-bond acceptors (Lipinski definition) is 11. The zero-order valence-corrected chi connectivity index (χ0v) is 49.6. The summed E-state index contributed by atoms with van der Waals surface area (Å²) in [4.78, 5) is 51.2. The Hall–Kier alpha value is -4.36. The summed E-state index contributed by atoms with van der Waals surface area (Å²) in [6.07, 6.45) is 59.4. The summed E-state index contributed by atoms with van der Waals surface area (Å²) in [6.45, 7) is 5.73. The van der Waals surface area contributed by atoms with Gasteiger partial charge in [-0.15, -0.1) is 0 Å². The highest BCUT2D eigenvalue weighted by atomic mass is 16.7. The molecule has 0 aromatic carbocycles. The van der Waals surface area contributed by atoms with Gasteiger partial charge in [0.15, 0.2) is 24.6 Å². The van der Waals surface area contributed by atoms with Gasteiger partial charge in [-0.05, 0) is 89.9 Å². The van der Waals surface area contributed by atoms with E-state index in [4.69, 9.17) is 23.7 Å². The predicted octanol–water partition coefficient (Wildman–Crippen LogP) is 16.5. The first kappa shape index (κ1) is 72.7. The summed E-state index contributed by atoms with van der Waals surface area (Å²) >= 11 is 0. The molecule has 1 fully saturated rings. The first-order valence-corrected chi connectivity index (χ1v) is 31.2. The van der Waals surface area contributed by atoms with Crippen molar-refractivity contribution in [3.63, 3.8) is 0 Å². The Balaban J connectivity index is 2.72. The van der Waals surface area contributed by atoms with Crippen LogP contribution in [0.1, 0.15) is 252 Å². The maximum Gasteiger partial charge on any atom is 0.335 e. The molecule has 1 saturated heterocycles. The van der Waals surface area contributed by atoms with Gasteiger partial charge in [0.25, 0.3) is 0 Å². The Morgan fingerprint density at radius 3 is 1.25 bits per heavy atom. The summed E-state index contributed by atoms with van der Waals surface area (Å²) in [5.41, 5.74) is 0. The standard InChI is InChI=1S/C67H110O12/c1-4-7-10-13-16-19-22-25-28-30-33-35-38-41-44-47-50-53-59(68)75-56-58(77-60(69)54-51-48-45-42-39-37-34-31-29-26-23-20-17-14-11-8-5-2)57-76-67-65(63(72)62(71)64(79-67)66(73)74)78-61(70)55-52-49-46-43-40-36-32-27-24-21-18-15-12-9-6-3/h7-8,10-11,16-17,19-20,25-26,28-29,33,35,41,44,58,62-65,67,71-72H,4-6,9,12-15,18,21-24,27,30-32,34,36-40,42-43,45-57H2,1-3H3,(H,73,74)/b10-7-,11-8-,19-16-,20-17-,28-25-,29-26-,35-33-,44-41-. The van der Waals surface area contributed by atoms with Crippen molar-refractivity contribution in [2.45, 2.75) is 289 Å². The van der Waals surface area contributed by atoms with Crippen LogP contribution in [0.5, 0.6) is 0 Å². The molecular weight excluding hydrogens is 997 g/mol. The monoisotopic (exact) mass is 1110 g/mol. The highest BCUT2D eigenvalue weighted by Gasteiger charge is 2.50. The van der Waals surface area contributed by atoms with Crippen molar-refractivity contribution < 1.29 is 58.2 Å². The van der Waals surface area contributed by atoms with Crippen LogP contribution in [-0.2, 0) is 42.9 Å². The molecular formula is C67H110O12. The Labute approximate surface area is 479 Å². The van der Waals surface area contributed by atoms with Gasteiger partial charge >= 0.3 is 23.9 Å². The van der Waals surface area contributed by atoms with E-state index in [0.717, 1.165) is 122 Å². The number of carboxylic acid groups (broad SMARTS) is 1. The van der Waals surface area contributed by atoms with Crippen molar-refractivity contribution in [1.29, 1.82) is 0 Å². The minimum Gasteiger partial charge on any atom is -0.479 e. The van der Waals surface area contributed by atoms with Crippen LogP contribution in [-0.4, -0.2) is 89.2 Å². The molecule has 12 nitrogen and oxygen atoms in total. The van der Waals surface area contributed by atoms with E-state index >= 15 is 0 Å². The number of aliphatic hydroxyl groups is 2.